The normalized spacial score (nSPS) is 31.5. The molecule has 0 unspecified atom stereocenters. The van der Waals surface area contributed by atoms with E-state index in [-0.39, 0.29) is 0 Å². The number of nitrogens with zero attached hydrogens (tertiary/aromatic N) is 2. The summed E-state index contributed by atoms with van der Waals surface area (Å²) in [6.07, 6.45) is 8.70. The lowest BCUT2D eigenvalue weighted by Gasteiger charge is -2.31. The van der Waals surface area contributed by atoms with Gasteiger partial charge in [0.2, 0.25) is 0 Å². The molecule has 1 heterocycles. The zero-order chi connectivity index (χ0) is 9.97. The van der Waals surface area contributed by atoms with Gasteiger partial charge in [-0.15, -0.1) is 0 Å². The Kier molecular flexibility index (Phi) is 3.45. The lowest BCUT2D eigenvalue weighted by atomic mass is 9.94. The highest BCUT2D eigenvalue weighted by atomic mass is 15.2. The van der Waals surface area contributed by atoms with Crippen molar-refractivity contribution in [2.24, 2.45) is 0 Å². The summed E-state index contributed by atoms with van der Waals surface area (Å²) in [6.45, 7) is 2.66. The number of likely N-dealkylation sites (tertiary alicyclic amines) is 1. The van der Waals surface area contributed by atoms with Crippen LogP contribution in [0.15, 0.2) is 0 Å². The van der Waals surface area contributed by atoms with Gasteiger partial charge in [-0.25, -0.2) is 0 Å². The van der Waals surface area contributed by atoms with Crippen LogP contribution in [0.5, 0.6) is 0 Å². The van der Waals surface area contributed by atoms with E-state index in [4.69, 9.17) is 0 Å². The Morgan fingerprint density at radius 1 is 1.00 bits per heavy atom. The minimum atomic E-state index is 0.817. The van der Waals surface area contributed by atoms with Crippen LogP contribution in [0.25, 0.3) is 0 Å². The fraction of sp³-hybridized carbons (Fsp3) is 1.00. The van der Waals surface area contributed by atoms with Gasteiger partial charge in [-0.1, -0.05) is 19.3 Å². The average molecular weight is 196 g/mol. The minimum Gasteiger partial charge on any atom is -0.305 e. The highest BCUT2D eigenvalue weighted by Gasteiger charge is 2.29. The summed E-state index contributed by atoms with van der Waals surface area (Å²) < 4.78 is 0. The van der Waals surface area contributed by atoms with Crippen LogP contribution < -0.4 is 0 Å². The zero-order valence-corrected chi connectivity index (χ0v) is 9.71. The largest absolute Gasteiger partial charge is 0.305 e. The van der Waals surface area contributed by atoms with Gasteiger partial charge in [0.15, 0.2) is 0 Å². The topological polar surface area (TPSA) is 6.48 Å². The van der Waals surface area contributed by atoms with Crippen molar-refractivity contribution < 1.29 is 0 Å². The quantitative estimate of drug-likeness (QED) is 0.666. The molecule has 0 aromatic carbocycles. The van der Waals surface area contributed by atoms with Crippen LogP contribution in [0.4, 0.5) is 0 Å². The molecule has 1 aliphatic heterocycles. The molecule has 0 N–H and O–H groups in total. The maximum absolute atomic E-state index is 2.74. The Bertz CT molecular complexity index is 173. The van der Waals surface area contributed by atoms with Crippen molar-refractivity contribution in [1.82, 2.24) is 9.80 Å². The van der Waals surface area contributed by atoms with Crippen LogP contribution in [0.2, 0.25) is 0 Å². The first-order valence-corrected chi connectivity index (χ1v) is 6.18. The molecule has 82 valence electrons. The van der Waals surface area contributed by atoms with Gasteiger partial charge >= 0.3 is 0 Å². The molecule has 2 rings (SSSR count). The summed E-state index contributed by atoms with van der Waals surface area (Å²) in [7, 11) is 4.43. The maximum atomic E-state index is 2.74. The molecule has 2 aliphatic rings. The summed E-state index contributed by atoms with van der Waals surface area (Å²) in [5, 5.41) is 0. The minimum absolute atomic E-state index is 0.817. The molecule has 1 atom stereocenters. The molecule has 0 aromatic rings. The van der Waals surface area contributed by atoms with E-state index in [1.165, 1.54) is 51.6 Å². The zero-order valence-electron chi connectivity index (χ0n) is 9.71. The second-order valence-corrected chi connectivity index (χ2v) is 5.19. The molecular weight excluding hydrogens is 172 g/mol. The molecule has 2 nitrogen and oxygen atoms in total. The molecule has 1 saturated heterocycles. The van der Waals surface area contributed by atoms with Gasteiger partial charge < -0.3 is 4.90 Å². The monoisotopic (exact) mass is 196 g/mol. The summed E-state index contributed by atoms with van der Waals surface area (Å²) in [5.41, 5.74) is 0. The standard InChI is InChI=1S/C12H24N2/c1-13(2)12-8-9-14(10-12)11-6-4-3-5-7-11/h11-12H,3-10H2,1-2H3/t12-/m0/s1. The van der Waals surface area contributed by atoms with E-state index < -0.39 is 0 Å². The first-order chi connectivity index (χ1) is 6.77. The fourth-order valence-corrected chi connectivity index (χ4v) is 2.97. The Morgan fingerprint density at radius 3 is 2.29 bits per heavy atom. The number of hydrogen-bond acceptors (Lipinski definition) is 2. The van der Waals surface area contributed by atoms with Gasteiger partial charge in [0.1, 0.15) is 0 Å². The van der Waals surface area contributed by atoms with Crippen LogP contribution in [0.1, 0.15) is 38.5 Å². The van der Waals surface area contributed by atoms with E-state index in [1.54, 1.807) is 0 Å². The van der Waals surface area contributed by atoms with Crippen molar-refractivity contribution in [3.63, 3.8) is 0 Å². The van der Waals surface area contributed by atoms with Crippen molar-refractivity contribution in [2.45, 2.75) is 50.6 Å². The van der Waals surface area contributed by atoms with Crippen LogP contribution >= 0.6 is 0 Å². The van der Waals surface area contributed by atoms with Crippen molar-refractivity contribution in [3.05, 3.63) is 0 Å². The first-order valence-electron chi connectivity index (χ1n) is 6.18. The van der Waals surface area contributed by atoms with Gasteiger partial charge in [0, 0.05) is 25.2 Å². The highest BCUT2D eigenvalue weighted by molar-refractivity contribution is 4.86. The molecule has 2 fully saturated rings. The molecule has 0 spiro atoms. The summed E-state index contributed by atoms with van der Waals surface area (Å²) in [6, 6.07) is 1.74. The van der Waals surface area contributed by atoms with Gasteiger partial charge in [0.25, 0.3) is 0 Å². The Labute approximate surface area is 88.3 Å². The second kappa shape index (κ2) is 4.63. The molecule has 0 bridgehead atoms. The van der Waals surface area contributed by atoms with Gasteiger partial charge in [-0.2, -0.15) is 0 Å². The first kappa shape index (κ1) is 10.4. The van der Waals surface area contributed by atoms with Crippen molar-refractivity contribution in [2.75, 3.05) is 27.2 Å². The molecule has 0 aromatic heterocycles. The highest BCUT2D eigenvalue weighted by Crippen LogP contribution is 2.26. The third kappa shape index (κ3) is 2.29. The summed E-state index contributed by atoms with van der Waals surface area (Å²) in [4.78, 5) is 5.13. The van der Waals surface area contributed by atoms with Crippen LogP contribution in [0.3, 0.4) is 0 Å². The molecule has 1 aliphatic carbocycles. The number of likely N-dealkylation sites (N-methyl/N-ethyl adjacent to an activating group) is 1. The Balaban J connectivity index is 1.82. The maximum Gasteiger partial charge on any atom is 0.0229 e. The predicted molar refractivity (Wildman–Crippen MR) is 60.5 cm³/mol. The second-order valence-electron chi connectivity index (χ2n) is 5.19. The van der Waals surface area contributed by atoms with Gasteiger partial charge in [-0.05, 0) is 33.4 Å². The van der Waals surface area contributed by atoms with Crippen LogP contribution in [-0.2, 0) is 0 Å². The molecule has 2 heteroatoms. The summed E-state index contributed by atoms with van der Waals surface area (Å²) in [5.74, 6) is 0. The predicted octanol–water partition coefficient (Wildman–Crippen LogP) is 1.95. The van der Waals surface area contributed by atoms with Crippen LogP contribution in [0, 0.1) is 0 Å². The molecule has 0 amide bonds. The van der Waals surface area contributed by atoms with E-state index in [0.717, 1.165) is 12.1 Å². The van der Waals surface area contributed by atoms with E-state index >= 15 is 0 Å². The van der Waals surface area contributed by atoms with Crippen molar-refractivity contribution >= 4 is 0 Å². The fourth-order valence-electron chi connectivity index (χ4n) is 2.97. The van der Waals surface area contributed by atoms with Crippen molar-refractivity contribution in [1.29, 1.82) is 0 Å². The van der Waals surface area contributed by atoms with E-state index in [0.29, 0.717) is 0 Å². The lowest BCUT2D eigenvalue weighted by Crippen LogP contribution is -2.38. The lowest BCUT2D eigenvalue weighted by molar-refractivity contribution is 0.176. The van der Waals surface area contributed by atoms with E-state index in [1.807, 2.05) is 0 Å². The summed E-state index contributed by atoms with van der Waals surface area (Å²) >= 11 is 0. The van der Waals surface area contributed by atoms with E-state index in [2.05, 4.69) is 23.9 Å². The molecular formula is C12H24N2. The van der Waals surface area contributed by atoms with E-state index in [9.17, 15) is 0 Å². The third-order valence-electron chi connectivity index (χ3n) is 4.02. The molecule has 0 radical (unpaired) electrons. The Morgan fingerprint density at radius 2 is 1.71 bits per heavy atom. The smallest absolute Gasteiger partial charge is 0.0229 e. The van der Waals surface area contributed by atoms with Crippen LogP contribution in [-0.4, -0.2) is 49.1 Å². The number of hydrogen-bond donors (Lipinski definition) is 0. The molecule has 14 heavy (non-hydrogen) atoms. The number of rotatable bonds is 2. The Hall–Kier alpha value is -0.0800. The molecule has 1 saturated carbocycles. The average Bonchev–Trinajstić information content (AvgIpc) is 2.68. The van der Waals surface area contributed by atoms with Gasteiger partial charge in [-0.3, -0.25) is 4.90 Å². The SMILES string of the molecule is CN(C)[C@H]1CCN(C2CCCCC2)C1. The third-order valence-corrected chi connectivity index (χ3v) is 4.02. The van der Waals surface area contributed by atoms with Crippen molar-refractivity contribution in [3.8, 4) is 0 Å². The van der Waals surface area contributed by atoms with Gasteiger partial charge in [0.05, 0.1) is 0 Å².